The molecular formula is C20H23NO4S. The van der Waals surface area contributed by atoms with E-state index < -0.39 is 9.84 Å². The molecule has 2 aliphatic heterocycles. The van der Waals surface area contributed by atoms with Crippen molar-refractivity contribution in [3.05, 3.63) is 42.5 Å². The van der Waals surface area contributed by atoms with Gasteiger partial charge in [0, 0.05) is 18.3 Å². The van der Waals surface area contributed by atoms with E-state index in [1.807, 2.05) is 47.4 Å². The van der Waals surface area contributed by atoms with Crippen LogP contribution in [-0.4, -0.2) is 49.4 Å². The fraction of sp³-hybridized carbons (Fsp3) is 0.450. The predicted octanol–water partition coefficient (Wildman–Crippen LogP) is 2.79. The zero-order valence-corrected chi connectivity index (χ0v) is 15.6. The van der Waals surface area contributed by atoms with Crippen LogP contribution in [0.2, 0.25) is 0 Å². The Kier molecular flexibility index (Phi) is 4.39. The molecule has 0 aromatic heterocycles. The maximum Gasteiger partial charge on any atom is 0.261 e. The lowest BCUT2D eigenvalue weighted by atomic mass is 10.0. The zero-order valence-electron chi connectivity index (χ0n) is 14.8. The van der Waals surface area contributed by atoms with Gasteiger partial charge in [-0.1, -0.05) is 30.3 Å². The number of hydrogen-bond acceptors (Lipinski definition) is 4. The first-order valence-electron chi connectivity index (χ1n) is 9.03. The summed E-state index contributed by atoms with van der Waals surface area (Å²) in [4.78, 5) is 14.6. The van der Waals surface area contributed by atoms with E-state index in [4.69, 9.17) is 4.74 Å². The highest BCUT2D eigenvalue weighted by Gasteiger charge is 2.45. The van der Waals surface area contributed by atoms with E-state index in [1.54, 1.807) is 0 Å². The number of ether oxygens (including phenoxy) is 1. The normalized spacial score (nSPS) is 25.4. The van der Waals surface area contributed by atoms with Crippen LogP contribution in [0.25, 0.3) is 10.8 Å². The molecule has 2 aromatic carbocycles. The zero-order chi connectivity index (χ0) is 18.3. The standard InChI is InChI=1S/C20H23NO4S/c1-26(23,24)19-11-16-7-8-17(12-19)21(16)20(22)13-25-18-9-6-14-4-2-3-5-15(14)10-18/h2-6,9-10,16-17,19H,7-8,11-13H2,1H3. The molecule has 2 bridgehead atoms. The Labute approximate surface area is 153 Å². The first-order chi connectivity index (χ1) is 12.4. The van der Waals surface area contributed by atoms with Gasteiger partial charge in [0.1, 0.15) is 15.6 Å². The molecule has 2 aliphatic rings. The summed E-state index contributed by atoms with van der Waals surface area (Å²) in [6.45, 7) is -0.00508. The van der Waals surface area contributed by atoms with Crippen LogP contribution >= 0.6 is 0 Å². The monoisotopic (exact) mass is 373 g/mol. The van der Waals surface area contributed by atoms with Crippen molar-refractivity contribution in [2.75, 3.05) is 12.9 Å². The minimum absolute atomic E-state index is 0.00508. The van der Waals surface area contributed by atoms with Gasteiger partial charge in [-0.05, 0) is 48.6 Å². The summed E-state index contributed by atoms with van der Waals surface area (Å²) in [5, 5.41) is 1.89. The number of carbonyl (C=O) groups excluding carboxylic acids is 1. The highest BCUT2D eigenvalue weighted by molar-refractivity contribution is 7.91. The third-order valence-corrected chi connectivity index (χ3v) is 7.26. The number of amides is 1. The summed E-state index contributed by atoms with van der Waals surface area (Å²) < 4.78 is 29.5. The minimum Gasteiger partial charge on any atom is -0.484 e. The summed E-state index contributed by atoms with van der Waals surface area (Å²) in [5.74, 6) is 0.632. The van der Waals surface area contributed by atoms with E-state index in [0.29, 0.717) is 18.6 Å². The van der Waals surface area contributed by atoms with E-state index in [1.165, 1.54) is 6.26 Å². The summed E-state index contributed by atoms with van der Waals surface area (Å²) in [7, 11) is -3.05. The van der Waals surface area contributed by atoms with Gasteiger partial charge in [0.05, 0.1) is 5.25 Å². The van der Waals surface area contributed by atoms with Crippen molar-refractivity contribution in [2.45, 2.75) is 43.0 Å². The molecule has 2 aromatic rings. The van der Waals surface area contributed by atoms with Gasteiger partial charge in [-0.2, -0.15) is 0 Å². The van der Waals surface area contributed by atoms with Gasteiger partial charge in [-0.25, -0.2) is 8.42 Å². The Balaban J connectivity index is 1.42. The van der Waals surface area contributed by atoms with Crippen molar-refractivity contribution < 1.29 is 17.9 Å². The second-order valence-electron chi connectivity index (χ2n) is 7.41. The molecule has 4 rings (SSSR count). The summed E-state index contributed by atoms with van der Waals surface area (Å²) in [6, 6.07) is 13.9. The fourth-order valence-electron chi connectivity index (χ4n) is 4.36. The van der Waals surface area contributed by atoms with Crippen LogP contribution < -0.4 is 4.74 Å². The second-order valence-corrected chi connectivity index (χ2v) is 9.73. The van der Waals surface area contributed by atoms with E-state index in [-0.39, 0.29) is 29.8 Å². The average Bonchev–Trinajstić information content (AvgIpc) is 2.88. The molecular weight excluding hydrogens is 350 g/mol. The molecule has 0 saturated carbocycles. The Hall–Kier alpha value is -2.08. The molecule has 0 N–H and O–H groups in total. The maximum absolute atomic E-state index is 12.7. The summed E-state index contributed by atoms with van der Waals surface area (Å²) in [5.41, 5.74) is 0. The van der Waals surface area contributed by atoms with E-state index >= 15 is 0 Å². The molecule has 2 unspecified atom stereocenters. The first-order valence-corrected chi connectivity index (χ1v) is 11.0. The van der Waals surface area contributed by atoms with Crippen LogP contribution in [0.1, 0.15) is 25.7 Å². The van der Waals surface area contributed by atoms with E-state index in [0.717, 1.165) is 23.6 Å². The van der Waals surface area contributed by atoms with Crippen LogP contribution in [0.15, 0.2) is 42.5 Å². The molecule has 2 atom stereocenters. The third-order valence-electron chi connectivity index (χ3n) is 5.67. The van der Waals surface area contributed by atoms with Gasteiger partial charge in [0.25, 0.3) is 5.91 Å². The van der Waals surface area contributed by atoms with Crippen LogP contribution in [-0.2, 0) is 14.6 Å². The molecule has 1 amide bonds. The van der Waals surface area contributed by atoms with Crippen molar-refractivity contribution >= 4 is 26.5 Å². The highest BCUT2D eigenvalue weighted by atomic mass is 32.2. The summed E-state index contributed by atoms with van der Waals surface area (Å²) in [6.07, 6.45) is 4.18. The molecule has 0 aliphatic carbocycles. The molecule has 26 heavy (non-hydrogen) atoms. The lowest BCUT2D eigenvalue weighted by molar-refractivity contribution is -0.137. The number of nitrogens with zero attached hydrogens (tertiary/aromatic N) is 1. The third kappa shape index (κ3) is 3.30. The number of piperidine rings is 1. The lowest BCUT2D eigenvalue weighted by Crippen LogP contribution is -2.51. The highest BCUT2D eigenvalue weighted by Crippen LogP contribution is 2.38. The molecule has 5 nitrogen and oxygen atoms in total. The van der Waals surface area contributed by atoms with Gasteiger partial charge >= 0.3 is 0 Å². The van der Waals surface area contributed by atoms with Crippen LogP contribution in [0, 0.1) is 0 Å². The van der Waals surface area contributed by atoms with Crippen molar-refractivity contribution in [1.82, 2.24) is 4.90 Å². The molecule has 138 valence electrons. The van der Waals surface area contributed by atoms with Crippen molar-refractivity contribution in [1.29, 1.82) is 0 Å². The van der Waals surface area contributed by atoms with Crippen LogP contribution in [0.3, 0.4) is 0 Å². The molecule has 0 radical (unpaired) electrons. The van der Waals surface area contributed by atoms with Crippen molar-refractivity contribution in [3.8, 4) is 5.75 Å². The predicted molar refractivity (Wildman–Crippen MR) is 101 cm³/mol. The Morgan fingerprint density at radius 1 is 1.08 bits per heavy atom. The van der Waals surface area contributed by atoms with Gasteiger partial charge in [0.15, 0.2) is 6.61 Å². The lowest BCUT2D eigenvalue weighted by Gasteiger charge is -2.38. The van der Waals surface area contributed by atoms with Crippen molar-refractivity contribution in [2.24, 2.45) is 0 Å². The fourth-order valence-corrected chi connectivity index (χ4v) is 5.50. The first kappa shape index (κ1) is 17.3. The smallest absolute Gasteiger partial charge is 0.261 e. The van der Waals surface area contributed by atoms with E-state index in [9.17, 15) is 13.2 Å². The topological polar surface area (TPSA) is 63.7 Å². The maximum atomic E-state index is 12.7. The molecule has 6 heteroatoms. The summed E-state index contributed by atoms with van der Waals surface area (Å²) >= 11 is 0. The Morgan fingerprint density at radius 3 is 2.38 bits per heavy atom. The van der Waals surface area contributed by atoms with Crippen molar-refractivity contribution in [3.63, 3.8) is 0 Å². The molecule has 0 spiro atoms. The largest absolute Gasteiger partial charge is 0.484 e. The van der Waals surface area contributed by atoms with Gasteiger partial charge in [0.2, 0.25) is 0 Å². The number of fused-ring (bicyclic) bond motifs is 3. The minimum atomic E-state index is -3.05. The average molecular weight is 373 g/mol. The van der Waals surface area contributed by atoms with Crippen LogP contribution in [0.5, 0.6) is 5.75 Å². The number of sulfone groups is 1. The second kappa shape index (κ2) is 6.58. The van der Waals surface area contributed by atoms with Gasteiger partial charge in [-0.3, -0.25) is 4.79 Å². The number of hydrogen-bond donors (Lipinski definition) is 0. The van der Waals surface area contributed by atoms with Gasteiger partial charge in [-0.15, -0.1) is 0 Å². The number of carbonyl (C=O) groups is 1. The number of benzene rings is 2. The molecule has 2 saturated heterocycles. The van der Waals surface area contributed by atoms with Crippen LogP contribution in [0.4, 0.5) is 0 Å². The van der Waals surface area contributed by atoms with E-state index in [2.05, 4.69) is 0 Å². The van der Waals surface area contributed by atoms with Gasteiger partial charge < -0.3 is 9.64 Å². The molecule has 2 heterocycles. The quantitative estimate of drug-likeness (QED) is 0.827. The SMILES string of the molecule is CS(=O)(=O)C1CC2CCC(C1)N2C(=O)COc1ccc2ccccc2c1. The Morgan fingerprint density at radius 2 is 1.73 bits per heavy atom. The molecule has 2 fully saturated rings. The Bertz CT molecular complexity index is 926. The number of rotatable bonds is 4.